The number of nitrogens with zero attached hydrogens (tertiary/aromatic N) is 1. The van der Waals surface area contributed by atoms with Gasteiger partial charge in [0.2, 0.25) is 5.91 Å². The van der Waals surface area contributed by atoms with E-state index < -0.39 is 6.04 Å². The maximum atomic E-state index is 13.2. The lowest BCUT2D eigenvalue weighted by atomic mass is 10.0. The van der Waals surface area contributed by atoms with Gasteiger partial charge in [-0.1, -0.05) is 39.0 Å². The maximum absolute atomic E-state index is 13.2. The van der Waals surface area contributed by atoms with Crippen molar-refractivity contribution in [2.45, 2.75) is 65.6 Å². The molecule has 0 heterocycles. The molecule has 2 atom stereocenters. The quantitative estimate of drug-likeness (QED) is 0.438. The maximum Gasteiger partial charge on any atom is 0.261 e. The Bertz CT molecular complexity index is 930. The van der Waals surface area contributed by atoms with Crippen LogP contribution >= 0.6 is 15.9 Å². The molecule has 0 radical (unpaired) electrons. The van der Waals surface area contributed by atoms with Crippen molar-refractivity contribution in [2.24, 2.45) is 0 Å². The topological polar surface area (TPSA) is 67.9 Å². The number of hydrogen-bond donors (Lipinski definition) is 1. The predicted octanol–water partition coefficient (Wildman–Crippen LogP) is 5.29. The van der Waals surface area contributed by atoms with E-state index >= 15 is 0 Å². The highest BCUT2D eigenvalue weighted by Gasteiger charge is 2.27. The van der Waals surface area contributed by atoms with Crippen LogP contribution < -0.4 is 14.8 Å². The lowest BCUT2D eigenvalue weighted by Gasteiger charge is -2.29. The van der Waals surface area contributed by atoms with Crippen LogP contribution in [0.1, 0.15) is 58.1 Å². The molecule has 7 heteroatoms. The van der Waals surface area contributed by atoms with E-state index in [4.69, 9.17) is 9.47 Å². The molecule has 6 nitrogen and oxygen atoms in total. The van der Waals surface area contributed by atoms with Crippen LogP contribution in [0.25, 0.3) is 0 Å². The van der Waals surface area contributed by atoms with E-state index in [0.29, 0.717) is 11.7 Å². The molecule has 2 unspecified atom stereocenters. The molecule has 2 amide bonds. The fourth-order valence-electron chi connectivity index (χ4n) is 3.19. The lowest BCUT2D eigenvalue weighted by molar-refractivity contribution is -0.142. The van der Waals surface area contributed by atoms with Gasteiger partial charge in [0, 0.05) is 12.6 Å². The van der Waals surface area contributed by atoms with Gasteiger partial charge in [-0.3, -0.25) is 9.59 Å². The number of carbonyl (C=O) groups excluding carboxylic acids is 2. The van der Waals surface area contributed by atoms with Crippen LogP contribution in [-0.2, 0) is 16.1 Å². The molecule has 0 aliphatic heterocycles. The Labute approximate surface area is 205 Å². The molecule has 0 bridgehead atoms. The summed E-state index contributed by atoms with van der Waals surface area (Å²) < 4.78 is 11.8. The zero-order valence-corrected chi connectivity index (χ0v) is 21.9. The van der Waals surface area contributed by atoms with Gasteiger partial charge in [0.25, 0.3) is 5.91 Å². The molecule has 2 aromatic carbocycles. The molecule has 2 aromatic rings. The number of amides is 2. The second kappa shape index (κ2) is 12.6. The van der Waals surface area contributed by atoms with E-state index in [1.807, 2.05) is 56.3 Å². The summed E-state index contributed by atoms with van der Waals surface area (Å²) in [6.45, 7) is 10.1. The Morgan fingerprint density at radius 1 is 1.06 bits per heavy atom. The first-order valence-corrected chi connectivity index (χ1v) is 12.1. The lowest BCUT2D eigenvalue weighted by Crippen LogP contribution is -2.50. The van der Waals surface area contributed by atoms with Gasteiger partial charge in [-0.05, 0) is 77.5 Å². The number of carbonyl (C=O) groups is 2. The van der Waals surface area contributed by atoms with Crippen LogP contribution in [0.2, 0.25) is 0 Å². The summed E-state index contributed by atoms with van der Waals surface area (Å²) in [6, 6.07) is 12.7. The van der Waals surface area contributed by atoms with Crippen LogP contribution in [0.15, 0.2) is 46.9 Å². The second-order valence-corrected chi connectivity index (χ2v) is 9.35. The van der Waals surface area contributed by atoms with Gasteiger partial charge in [-0.25, -0.2) is 0 Å². The van der Waals surface area contributed by atoms with E-state index in [9.17, 15) is 9.59 Å². The first kappa shape index (κ1) is 26.7. The molecule has 0 spiro atoms. The predicted molar refractivity (Wildman–Crippen MR) is 135 cm³/mol. The van der Waals surface area contributed by atoms with Gasteiger partial charge in [-0.2, -0.15) is 0 Å². The van der Waals surface area contributed by atoms with Crippen molar-refractivity contribution in [3.63, 3.8) is 0 Å². The highest BCUT2D eigenvalue weighted by molar-refractivity contribution is 9.10. The SMILES string of the molecule is CCC(C)NC(=O)C(C)N(Cc1ccc(OC)cc1)C(=O)COc1ccc(C(C)C)cc1Br. The molecule has 0 saturated heterocycles. The van der Waals surface area contributed by atoms with Crippen LogP contribution in [0.5, 0.6) is 11.5 Å². The van der Waals surface area contributed by atoms with Gasteiger partial charge in [-0.15, -0.1) is 0 Å². The minimum atomic E-state index is -0.649. The Morgan fingerprint density at radius 2 is 1.73 bits per heavy atom. The van der Waals surface area contributed by atoms with Crippen molar-refractivity contribution in [1.82, 2.24) is 10.2 Å². The third-order valence-electron chi connectivity index (χ3n) is 5.65. The highest BCUT2D eigenvalue weighted by Crippen LogP contribution is 2.29. The fourth-order valence-corrected chi connectivity index (χ4v) is 3.70. The third kappa shape index (κ3) is 7.77. The highest BCUT2D eigenvalue weighted by atomic mass is 79.9. The first-order valence-electron chi connectivity index (χ1n) is 11.3. The molecular formula is C26H35BrN2O4. The van der Waals surface area contributed by atoms with Crippen LogP contribution in [0.3, 0.4) is 0 Å². The largest absolute Gasteiger partial charge is 0.497 e. The smallest absolute Gasteiger partial charge is 0.261 e. The van der Waals surface area contributed by atoms with E-state index in [1.54, 1.807) is 18.9 Å². The van der Waals surface area contributed by atoms with Gasteiger partial charge in [0.05, 0.1) is 11.6 Å². The van der Waals surface area contributed by atoms with Crippen molar-refractivity contribution >= 4 is 27.7 Å². The Hall–Kier alpha value is -2.54. The van der Waals surface area contributed by atoms with Crippen molar-refractivity contribution in [1.29, 1.82) is 0 Å². The molecule has 0 saturated carbocycles. The fraction of sp³-hybridized carbons (Fsp3) is 0.462. The molecule has 1 N–H and O–H groups in total. The Kier molecular flexibility index (Phi) is 10.2. The van der Waals surface area contributed by atoms with E-state index in [2.05, 4.69) is 35.1 Å². The van der Waals surface area contributed by atoms with Crippen molar-refractivity contribution in [2.75, 3.05) is 13.7 Å². The van der Waals surface area contributed by atoms with Crippen LogP contribution in [0.4, 0.5) is 0 Å². The molecule has 0 fully saturated rings. The van der Waals surface area contributed by atoms with Crippen LogP contribution in [0, 0.1) is 0 Å². The summed E-state index contributed by atoms with van der Waals surface area (Å²) in [7, 11) is 1.61. The van der Waals surface area contributed by atoms with E-state index in [0.717, 1.165) is 22.2 Å². The third-order valence-corrected chi connectivity index (χ3v) is 6.27. The van der Waals surface area contributed by atoms with Gasteiger partial charge in [0.1, 0.15) is 17.5 Å². The molecule has 0 aromatic heterocycles. The standard InChI is InChI=1S/C26H35BrN2O4/c1-7-18(4)28-26(31)19(5)29(15-20-8-11-22(32-6)12-9-20)25(30)16-33-24-13-10-21(17(2)3)14-23(24)27/h8-14,17-19H,7,15-16H2,1-6H3,(H,28,31). The Morgan fingerprint density at radius 3 is 2.27 bits per heavy atom. The summed E-state index contributed by atoms with van der Waals surface area (Å²) in [5.41, 5.74) is 2.08. The van der Waals surface area contributed by atoms with Crippen molar-refractivity contribution in [3.05, 3.63) is 58.1 Å². The molecule has 33 heavy (non-hydrogen) atoms. The average Bonchev–Trinajstić information content (AvgIpc) is 2.81. The van der Waals surface area contributed by atoms with Gasteiger partial charge in [0.15, 0.2) is 6.61 Å². The minimum Gasteiger partial charge on any atom is -0.497 e. The molecule has 0 aliphatic rings. The van der Waals surface area contributed by atoms with Crippen LogP contribution in [-0.4, -0.2) is 42.5 Å². The molecule has 2 rings (SSSR count). The zero-order valence-electron chi connectivity index (χ0n) is 20.4. The monoisotopic (exact) mass is 518 g/mol. The second-order valence-electron chi connectivity index (χ2n) is 8.50. The van der Waals surface area contributed by atoms with Crippen molar-refractivity contribution < 1.29 is 19.1 Å². The number of benzene rings is 2. The van der Waals surface area contributed by atoms with E-state index in [1.165, 1.54) is 5.56 Å². The summed E-state index contributed by atoms with van der Waals surface area (Å²) in [5.74, 6) is 1.26. The average molecular weight is 519 g/mol. The summed E-state index contributed by atoms with van der Waals surface area (Å²) in [5, 5.41) is 2.97. The number of hydrogen-bond acceptors (Lipinski definition) is 4. The first-order chi connectivity index (χ1) is 15.7. The summed E-state index contributed by atoms with van der Waals surface area (Å²) >= 11 is 3.53. The molecule has 0 aliphatic carbocycles. The summed E-state index contributed by atoms with van der Waals surface area (Å²) in [4.78, 5) is 27.6. The van der Waals surface area contributed by atoms with Gasteiger partial charge >= 0.3 is 0 Å². The Balaban J connectivity index is 2.18. The summed E-state index contributed by atoms with van der Waals surface area (Å²) in [6.07, 6.45) is 0.814. The number of methoxy groups -OCH3 is 1. The number of nitrogens with one attached hydrogen (secondary N) is 1. The normalized spacial score (nSPS) is 12.7. The number of ether oxygens (including phenoxy) is 2. The van der Waals surface area contributed by atoms with Gasteiger partial charge < -0.3 is 19.7 Å². The zero-order chi connectivity index (χ0) is 24.5. The molecular weight excluding hydrogens is 484 g/mol. The minimum absolute atomic E-state index is 0.0320. The number of halogens is 1. The number of rotatable bonds is 11. The van der Waals surface area contributed by atoms with Crippen molar-refractivity contribution in [3.8, 4) is 11.5 Å². The van der Waals surface area contributed by atoms with E-state index in [-0.39, 0.29) is 31.0 Å². The molecule has 180 valence electrons.